The van der Waals surface area contributed by atoms with Crippen LogP contribution in [0.5, 0.6) is 5.75 Å². The molecule has 10 nitrogen and oxygen atoms in total. The average Bonchev–Trinajstić information content (AvgIpc) is 3.31. The van der Waals surface area contributed by atoms with Crippen molar-refractivity contribution in [2.75, 3.05) is 25.7 Å². The van der Waals surface area contributed by atoms with E-state index in [1.165, 1.54) is 40.9 Å². The number of hydrogen-bond acceptors (Lipinski definition) is 7. The second kappa shape index (κ2) is 11.1. The first-order valence-corrected chi connectivity index (χ1v) is 13.3. The first-order valence-electron chi connectivity index (χ1n) is 10.7. The fraction of sp³-hybridized carbons (Fsp3) is 0.348. The summed E-state index contributed by atoms with van der Waals surface area (Å²) in [6.45, 7) is 1.84. The Labute approximate surface area is 208 Å². The van der Waals surface area contributed by atoms with Crippen LogP contribution in [0.3, 0.4) is 0 Å². The Morgan fingerprint density at radius 2 is 1.77 bits per heavy atom. The number of carboxylic acids is 1. The number of aliphatic carboxylic acids is 1. The summed E-state index contributed by atoms with van der Waals surface area (Å²) in [6, 6.07) is 10.3. The normalized spacial score (nSPS) is 16.9. The Kier molecular flexibility index (Phi) is 8.41. The summed E-state index contributed by atoms with van der Waals surface area (Å²) in [6.07, 6.45) is -0.582. The Morgan fingerprint density at radius 1 is 1.14 bits per heavy atom. The van der Waals surface area contributed by atoms with Crippen LogP contribution in [0.1, 0.15) is 11.1 Å². The molecule has 1 aliphatic rings. The van der Waals surface area contributed by atoms with Crippen molar-refractivity contribution in [1.29, 1.82) is 0 Å². The molecule has 12 heteroatoms. The molecule has 2 aromatic rings. The lowest BCUT2D eigenvalue weighted by Gasteiger charge is -2.24. The number of ether oxygens (including phenoxy) is 1. The SMILES string of the molecule is Cc1ccc(S(=O)(=O)N2CSC[C@H]2C(=O)N[C@@H](Cc2ccc(OC(=O)N(C)C)cc2)C(=O)O)cc1. The largest absolute Gasteiger partial charge is 0.480 e. The number of nitrogens with zero attached hydrogens (tertiary/aromatic N) is 2. The molecule has 0 unspecified atom stereocenters. The van der Waals surface area contributed by atoms with E-state index in [0.29, 0.717) is 11.3 Å². The molecular formula is C23H27N3O7S2. The fourth-order valence-corrected chi connectivity index (χ4v) is 6.45. The lowest BCUT2D eigenvalue weighted by molar-refractivity contribution is -0.142. The number of nitrogens with one attached hydrogen (secondary N) is 1. The number of benzene rings is 2. The summed E-state index contributed by atoms with van der Waals surface area (Å²) in [5, 5.41) is 12.1. The Morgan fingerprint density at radius 3 is 2.34 bits per heavy atom. The summed E-state index contributed by atoms with van der Waals surface area (Å²) in [5.41, 5.74) is 1.49. The van der Waals surface area contributed by atoms with Crippen molar-refractivity contribution in [3.05, 3.63) is 59.7 Å². The van der Waals surface area contributed by atoms with E-state index in [-0.39, 0.29) is 22.9 Å². The maximum Gasteiger partial charge on any atom is 0.414 e. The summed E-state index contributed by atoms with van der Waals surface area (Å²) < 4.78 is 32.4. The topological polar surface area (TPSA) is 133 Å². The van der Waals surface area contributed by atoms with E-state index in [0.717, 1.165) is 9.87 Å². The van der Waals surface area contributed by atoms with Crippen molar-refractivity contribution in [3.63, 3.8) is 0 Å². The first kappa shape index (κ1) is 26.5. The van der Waals surface area contributed by atoms with Crippen molar-refractivity contribution in [2.24, 2.45) is 0 Å². The van der Waals surface area contributed by atoms with E-state index in [4.69, 9.17) is 4.74 Å². The minimum atomic E-state index is -3.93. The van der Waals surface area contributed by atoms with E-state index in [9.17, 15) is 27.9 Å². The quantitative estimate of drug-likeness (QED) is 0.538. The highest BCUT2D eigenvalue weighted by molar-refractivity contribution is 8.00. The molecule has 0 aliphatic carbocycles. The predicted molar refractivity (Wildman–Crippen MR) is 131 cm³/mol. The number of carbonyl (C=O) groups excluding carboxylic acids is 2. The van der Waals surface area contributed by atoms with Gasteiger partial charge in [0.2, 0.25) is 15.9 Å². The van der Waals surface area contributed by atoms with Crippen LogP contribution in [-0.2, 0) is 26.0 Å². The molecule has 0 bridgehead atoms. The number of aryl methyl sites for hydroxylation is 1. The highest BCUT2D eigenvalue weighted by Gasteiger charge is 2.41. The fourth-order valence-electron chi connectivity index (χ4n) is 3.31. The number of amides is 2. The monoisotopic (exact) mass is 521 g/mol. The number of sulfonamides is 1. The molecule has 2 aromatic carbocycles. The van der Waals surface area contributed by atoms with Gasteiger partial charge in [-0.15, -0.1) is 11.8 Å². The van der Waals surface area contributed by atoms with Crippen LogP contribution in [0.2, 0.25) is 0 Å². The molecule has 35 heavy (non-hydrogen) atoms. The highest BCUT2D eigenvalue weighted by Crippen LogP contribution is 2.28. The molecule has 2 amide bonds. The van der Waals surface area contributed by atoms with E-state index >= 15 is 0 Å². The van der Waals surface area contributed by atoms with Gasteiger partial charge in [0.1, 0.15) is 17.8 Å². The van der Waals surface area contributed by atoms with Crippen molar-refractivity contribution in [2.45, 2.75) is 30.3 Å². The third kappa shape index (κ3) is 6.53. The molecule has 1 fully saturated rings. The summed E-state index contributed by atoms with van der Waals surface area (Å²) in [5.74, 6) is -1.31. The second-order valence-corrected chi connectivity index (χ2v) is 11.1. The van der Waals surface area contributed by atoms with Crippen molar-refractivity contribution >= 4 is 39.8 Å². The van der Waals surface area contributed by atoms with Gasteiger partial charge in [0.25, 0.3) is 0 Å². The Bertz CT molecular complexity index is 1180. The van der Waals surface area contributed by atoms with Gasteiger partial charge in [-0.2, -0.15) is 4.31 Å². The molecule has 1 heterocycles. The van der Waals surface area contributed by atoms with Gasteiger partial charge in [-0.1, -0.05) is 29.8 Å². The van der Waals surface area contributed by atoms with Crippen LogP contribution in [0.25, 0.3) is 0 Å². The van der Waals surface area contributed by atoms with Crippen LogP contribution in [0, 0.1) is 6.92 Å². The standard InChI is InChI=1S/C23H27N3O7S2/c1-15-4-10-18(11-5-15)35(31,32)26-14-34-13-20(26)21(27)24-19(22(28)29)12-16-6-8-17(9-7-16)33-23(30)25(2)3/h4-11,19-20H,12-14H2,1-3H3,(H,24,27)(H,28,29)/t19-,20-/m0/s1. The first-order chi connectivity index (χ1) is 16.5. The van der Waals surface area contributed by atoms with E-state index in [1.807, 2.05) is 6.92 Å². The third-order valence-electron chi connectivity index (χ3n) is 5.32. The van der Waals surface area contributed by atoms with Crippen LogP contribution < -0.4 is 10.1 Å². The van der Waals surface area contributed by atoms with Crippen LogP contribution in [0.4, 0.5) is 4.79 Å². The van der Waals surface area contributed by atoms with Crippen LogP contribution in [-0.4, -0.2) is 78.5 Å². The zero-order valence-electron chi connectivity index (χ0n) is 19.5. The number of thioether (sulfide) groups is 1. The highest BCUT2D eigenvalue weighted by atomic mass is 32.2. The molecule has 0 aromatic heterocycles. The number of hydrogen-bond donors (Lipinski definition) is 2. The lowest BCUT2D eigenvalue weighted by Crippen LogP contribution is -2.52. The zero-order chi connectivity index (χ0) is 25.8. The van der Waals surface area contributed by atoms with Gasteiger partial charge in [-0.3, -0.25) is 4.79 Å². The Balaban J connectivity index is 1.69. The number of carboxylic acid groups (broad SMARTS) is 1. The lowest BCUT2D eigenvalue weighted by atomic mass is 10.1. The predicted octanol–water partition coefficient (Wildman–Crippen LogP) is 1.93. The van der Waals surface area contributed by atoms with E-state index in [1.54, 1.807) is 38.4 Å². The number of rotatable bonds is 8. The molecule has 0 radical (unpaired) electrons. The Hall–Kier alpha value is -3.09. The molecule has 1 saturated heterocycles. The molecule has 2 atom stereocenters. The minimum absolute atomic E-state index is 0.0342. The maximum absolute atomic E-state index is 13.1. The summed E-state index contributed by atoms with van der Waals surface area (Å²) in [4.78, 5) is 37.8. The summed E-state index contributed by atoms with van der Waals surface area (Å²) >= 11 is 1.28. The molecule has 1 aliphatic heterocycles. The van der Waals surface area contributed by atoms with Gasteiger partial charge in [0.05, 0.1) is 10.8 Å². The zero-order valence-corrected chi connectivity index (χ0v) is 21.1. The molecule has 188 valence electrons. The molecule has 2 N–H and O–H groups in total. The van der Waals surface area contributed by atoms with Gasteiger partial charge >= 0.3 is 12.1 Å². The van der Waals surface area contributed by atoms with Crippen LogP contribution in [0.15, 0.2) is 53.4 Å². The van der Waals surface area contributed by atoms with Gasteiger partial charge < -0.3 is 20.1 Å². The van der Waals surface area contributed by atoms with Gasteiger partial charge in [0.15, 0.2) is 0 Å². The van der Waals surface area contributed by atoms with E-state index < -0.39 is 40.1 Å². The van der Waals surface area contributed by atoms with E-state index in [2.05, 4.69) is 5.32 Å². The number of carbonyl (C=O) groups is 3. The van der Waals surface area contributed by atoms with Crippen molar-refractivity contribution < 1.29 is 32.6 Å². The smallest absolute Gasteiger partial charge is 0.414 e. The molecule has 0 spiro atoms. The van der Waals surface area contributed by atoms with Gasteiger partial charge in [-0.05, 0) is 36.8 Å². The third-order valence-corrected chi connectivity index (χ3v) is 8.36. The van der Waals surface area contributed by atoms with Gasteiger partial charge in [-0.25, -0.2) is 18.0 Å². The molecule has 3 rings (SSSR count). The molecule has 0 saturated carbocycles. The minimum Gasteiger partial charge on any atom is -0.480 e. The van der Waals surface area contributed by atoms with Gasteiger partial charge in [0, 0.05) is 26.3 Å². The van der Waals surface area contributed by atoms with Crippen molar-refractivity contribution in [1.82, 2.24) is 14.5 Å². The maximum atomic E-state index is 13.1. The second-order valence-electron chi connectivity index (χ2n) is 8.23. The molecular weight excluding hydrogens is 494 g/mol. The van der Waals surface area contributed by atoms with Crippen molar-refractivity contribution in [3.8, 4) is 5.75 Å². The summed E-state index contributed by atoms with van der Waals surface area (Å²) in [7, 11) is -0.829. The average molecular weight is 522 g/mol. The van der Waals surface area contributed by atoms with Crippen LogP contribution >= 0.6 is 11.8 Å².